The Balaban J connectivity index is 1.69. The van der Waals surface area contributed by atoms with E-state index in [1.165, 1.54) is 38.5 Å². The molecule has 0 N–H and O–H groups in total. The molecule has 0 bridgehead atoms. The Morgan fingerprint density at radius 2 is 0.791 bits per heavy atom. The molecule has 0 aromatic heterocycles. The molecule has 0 amide bonds. The van der Waals surface area contributed by atoms with Gasteiger partial charge in [-0.15, -0.1) is 0 Å². The number of rotatable bonds is 8. The summed E-state index contributed by atoms with van der Waals surface area (Å²) in [4.78, 5) is 25.2. The fourth-order valence-corrected chi connectivity index (χ4v) is 4.42. The van der Waals surface area contributed by atoms with Crippen molar-refractivity contribution in [2.45, 2.75) is 17.8 Å². The Hall–Kier alpha value is -5.00. The van der Waals surface area contributed by atoms with E-state index in [1.807, 2.05) is 0 Å². The van der Waals surface area contributed by atoms with E-state index >= 15 is 0 Å². The molecule has 0 saturated heterocycles. The van der Waals surface area contributed by atoms with Crippen molar-refractivity contribution in [2.75, 3.05) is 14.2 Å². The van der Waals surface area contributed by atoms with Crippen molar-refractivity contribution in [1.82, 2.24) is 0 Å². The smallest absolute Gasteiger partial charge is 0.411 e. The molecule has 6 nitrogen and oxygen atoms in total. The Labute approximate surface area is 241 Å². The minimum atomic E-state index is -5.88. The third-order valence-electron chi connectivity index (χ3n) is 6.50. The Morgan fingerprint density at radius 1 is 0.488 bits per heavy atom. The SMILES string of the molecule is COc1ccccc1OC(=O)c1ccc(C(c2ccc(C(=O)Oc3ccccc3OC)cc2)(C(F)(F)F)C(F)(F)F)cc1. The van der Waals surface area contributed by atoms with Crippen molar-refractivity contribution in [3.8, 4) is 23.0 Å². The molecule has 224 valence electrons. The standard InChI is InChI=1S/C31H22F6O6/c1-40-23-7-3-5-9-25(23)42-27(38)19-11-15-21(16-12-19)29(30(32,33)34,31(35,36)37)22-17-13-20(14-18-22)28(39)43-26-10-6-4-8-24(26)41-2/h3-18H,1-2H3. The summed E-state index contributed by atoms with van der Waals surface area (Å²) in [5, 5.41) is 0. The van der Waals surface area contributed by atoms with Crippen LogP contribution in [0.25, 0.3) is 0 Å². The number of methoxy groups -OCH3 is 2. The Bertz CT molecular complexity index is 1470. The van der Waals surface area contributed by atoms with Crippen LogP contribution in [-0.2, 0) is 5.41 Å². The summed E-state index contributed by atoms with van der Waals surface area (Å²) in [5.41, 5.74) is -7.52. The van der Waals surface area contributed by atoms with Crippen LogP contribution in [0.1, 0.15) is 31.8 Å². The predicted molar refractivity (Wildman–Crippen MR) is 142 cm³/mol. The molecular formula is C31H22F6O6. The molecule has 0 atom stereocenters. The Kier molecular flexibility index (Phi) is 8.70. The van der Waals surface area contributed by atoms with Gasteiger partial charge in [-0.1, -0.05) is 48.5 Å². The van der Waals surface area contributed by atoms with Crippen LogP contribution in [0.4, 0.5) is 26.3 Å². The third kappa shape index (κ3) is 5.99. The second-order valence-electron chi connectivity index (χ2n) is 8.98. The average Bonchev–Trinajstić information content (AvgIpc) is 2.97. The van der Waals surface area contributed by atoms with Crippen LogP contribution in [0.3, 0.4) is 0 Å². The van der Waals surface area contributed by atoms with Crippen LogP contribution in [0.2, 0.25) is 0 Å². The van der Waals surface area contributed by atoms with Gasteiger partial charge < -0.3 is 18.9 Å². The zero-order valence-corrected chi connectivity index (χ0v) is 22.5. The van der Waals surface area contributed by atoms with E-state index in [0.717, 1.165) is 24.3 Å². The van der Waals surface area contributed by atoms with E-state index in [2.05, 4.69) is 0 Å². The summed E-state index contributed by atoms with van der Waals surface area (Å²) >= 11 is 0. The van der Waals surface area contributed by atoms with Crippen LogP contribution >= 0.6 is 0 Å². The fourth-order valence-electron chi connectivity index (χ4n) is 4.42. The second-order valence-corrected chi connectivity index (χ2v) is 8.98. The maximum atomic E-state index is 14.6. The first-order chi connectivity index (χ1) is 20.3. The number of ether oxygens (including phenoxy) is 4. The molecule has 0 aliphatic carbocycles. The number of halogens is 6. The second kappa shape index (κ2) is 12.1. The van der Waals surface area contributed by atoms with E-state index in [4.69, 9.17) is 18.9 Å². The lowest BCUT2D eigenvalue weighted by molar-refractivity contribution is -0.288. The largest absolute Gasteiger partial charge is 0.493 e. The van der Waals surface area contributed by atoms with Gasteiger partial charge in [-0.2, -0.15) is 26.3 Å². The first kappa shape index (κ1) is 30.9. The van der Waals surface area contributed by atoms with Crippen molar-refractivity contribution in [1.29, 1.82) is 0 Å². The van der Waals surface area contributed by atoms with Crippen molar-refractivity contribution in [3.05, 3.63) is 119 Å². The van der Waals surface area contributed by atoms with Gasteiger partial charge in [-0.3, -0.25) is 0 Å². The van der Waals surface area contributed by atoms with Gasteiger partial charge in [-0.25, -0.2) is 9.59 Å². The average molecular weight is 604 g/mol. The summed E-state index contributed by atoms with van der Waals surface area (Å²) in [5.74, 6) is -1.67. The zero-order chi connectivity index (χ0) is 31.4. The molecule has 0 spiro atoms. The van der Waals surface area contributed by atoms with E-state index in [9.17, 15) is 35.9 Å². The number of hydrogen-bond donors (Lipinski definition) is 0. The summed E-state index contributed by atoms with van der Waals surface area (Å²) < 4.78 is 108. The Morgan fingerprint density at radius 3 is 1.07 bits per heavy atom. The van der Waals surface area contributed by atoms with E-state index in [1.54, 1.807) is 24.3 Å². The van der Waals surface area contributed by atoms with E-state index in [-0.39, 0.29) is 34.1 Å². The number of esters is 2. The maximum absolute atomic E-state index is 14.6. The number of alkyl halides is 6. The maximum Gasteiger partial charge on any atom is 0.411 e. The topological polar surface area (TPSA) is 71.1 Å². The van der Waals surface area contributed by atoms with Gasteiger partial charge in [0.1, 0.15) is 0 Å². The zero-order valence-electron chi connectivity index (χ0n) is 22.5. The van der Waals surface area contributed by atoms with Crippen molar-refractivity contribution >= 4 is 11.9 Å². The highest BCUT2D eigenvalue weighted by Gasteiger charge is 2.72. The number of carbonyl (C=O) groups is 2. The number of para-hydroxylation sites is 4. The van der Waals surface area contributed by atoms with Crippen molar-refractivity contribution in [2.24, 2.45) is 0 Å². The third-order valence-corrected chi connectivity index (χ3v) is 6.50. The predicted octanol–water partition coefficient (Wildman–Crippen LogP) is 7.55. The van der Waals surface area contributed by atoms with Crippen LogP contribution in [0, 0.1) is 0 Å². The van der Waals surface area contributed by atoms with E-state index in [0.29, 0.717) is 24.3 Å². The molecule has 4 aromatic carbocycles. The molecule has 0 heterocycles. The van der Waals surface area contributed by atoms with Gasteiger partial charge >= 0.3 is 24.3 Å². The molecule has 0 unspecified atom stereocenters. The number of benzene rings is 4. The van der Waals surface area contributed by atoms with Crippen molar-refractivity contribution in [3.63, 3.8) is 0 Å². The van der Waals surface area contributed by atoms with Gasteiger partial charge in [0.25, 0.3) is 0 Å². The first-order valence-electron chi connectivity index (χ1n) is 12.4. The highest BCUT2D eigenvalue weighted by molar-refractivity contribution is 5.92. The summed E-state index contributed by atoms with van der Waals surface area (Å²) in [6, 6.07) is 17.5. The molecule has 4 aromatic rings. The van der Waals surface area contributed by atoms with Crippen LogP contribution in [-0.4, -0.2) is 38.5 Å². The highest BCUT2D eigenvalue weighted by atomic mass is 19.4. The lowest BCUT2D eigenvalue weighted by Crippen LogP contribution is -2.54. The number of hydrogen-bond acceptors (Lipinski definition) is 6. The first-order valence-corrected chi connectivity index (χ1v) is 12.4. The summed E-state index contributed by atoms with van der Waals surface area (Å²) in [6.07, 6.45) is -11.8. The lowest BCUT2D eigenvalue weighted by atomic mass is 9.72. The van der Waals surface area contributed by atoms with Gasteiger partial charge in [0.05, 0.1) is 25.3 Å². The molecule has 0 saturated carbocycles. The normalized spacial score (nSPS) is 11.9. The van der Waals surface area contributed by atoms with Gasteiger partial charge in [-0.05, 0) is 59.7 Å². The van der Waals surface area contributed by atoms with Crippen molar-refractivity contribution < 1.29 is 54.9 Å². The van der Waals surface area contributed by atoms with Crippen LogP contribution in [0.15, 0.2) is 97.1 Å². The minimum Gasteiger partial charge on any atom is -0.493 e. The minimum absolute atomic E-state index is 0.00308. The summed E-state index contributed by atoms with van der Waals surface area (Å²) in [7, 11) is 2.65. The monoisotopic (exact) mass is 604 g/mol. The summed E-state index contributed by atoms with van der Waals surface area (Å²) in [6.45, 7) is 0. The quantitative estimate of drug-likeness (QED) is 0.118. The lowest BCUT2D eigenvalue weighted by Gasteiger charge is -2.38. The fraction of sp³-hybridized carbons (Fsp3) is 0.161. The molecule has 0 fully saturated rings. The molecule has 0 radical (unpaired) electrons. The van der Waals surface area contributed by atoms with Crippen LogP contribution in [0.5, 0.6) is 23.0 Å². The molecular weight excluding hydrogens is 582 g/mol. The molecule has 12 heteroatoms. The molecule has 4 rings (SSSR count). The van der Waals surface area contributed by atoms with Gasteiger partial charge in [0.2, 0.25) is 5.41 Å². The number of carbonyl (C=O) groups excluding carboxylic acids is 2. The highest BCUT2D eigenvalue weighted by Crippen LogP contribution is 2.56. The molecule has 43 heavy (non-hydrogen) atoms. The molecule has 0 aliphatic heterocycles. The van der Waals surface area contributed by atoms with E-state index < -0.39 is 40.8 Å². The van der Waals surface area contributed by atoms with Crippen LogP contribution < -0.4 is 18.9 Å². The van der Waals surface area contributed by atoms with Gasteiger partial charge in [0.15, 0.2) is 23.0 Å². The molecule has 0 aliphatic rings. The van der Waals surface area contributed by atoms with Gasteiger partial charge in [0, 0.05) is 0 Å².